The molecule has 1 rings (SSSR count). The molecule has 6 N–H and O–H groups in total. The van der Waals surface area contributed by atoms with Crippen molar-refractivity contribution in [2.24, 2.45) is 0 Å². The molecule has 7 unspecified atom stereocenters. The Morgan fingerprint density at radius 3 is 1.22 bits per heavy atom. The molecule has 0 aromatic heterocycles. The van der Waals surface area contributed by atoms with Crippen LogP contribution < -0.4 is 5.32 Å². The first-order valence-electron chi connectivity index (χ1n) is 36.4. The molecule has 0 aliphatic carbocycles. The number of hydrogen-bond acceptors (Lipinski definition) is 10. The molecule has 85 heavy (non-hydrogen) atoms. The first-order chi connectivity index (χ1) is 41.7. The lowest BCUT2D eigenvalue weighted by Gasteiger charge is -2.40. The third-order valence-electron chi connectivity index (χ3n) is 17.2. The van der Waals surface area contributed by atoms with Crippen molar-refractivity contribution in [3.63, 3.8) is 0 Å². The summed E-state index contributed by atoms with van der Waals surface area (Å²) in [5.41, 5.74) is 0. The number of hydrogen-bond donors (Lipinski definition) is 6. The minimum atomic E-state index is -1.57. The number of nitrogens with one attached hydrogen (secondary N) is 1. The van der Waals surface area contributed by atoms with Gasteiger partial charge < -0.3 is 45.1 Å². The van der Waals surface area contributed by atoms with Gasteiger partial charge in [-0.2, -0.15) is 0 Å². The molecule has 7 atom stereocenters. The van der Waals surface area contributed by atoms with Gasteiger partial charge in [0.2, 0.25) is 5.91 Å². The highest BCUT2D eigenvalue weighted by Crippen LogP contribution is 2.23. The fourth-order valence-electron chi connectivity index (χ4n) is 11.4. The van der Waals surface area contributed by atoms with E-state index in [1.807, 2.05) is 6.08 Å². The Labute approximate surface area is 523 Å². The van der Waals surface area contributed by atoms with E-state index in [2.05, 4.69) is 55.6 Å². The second-order valence-corrected chi connectivity index (χ2v) is 25.3. The lowest BCUT2D eigenvalue weighted by Crippen LogP contribution is -2.60. The molecular formula is C74H137NO10. The van der Waals surface area contributed by atoms with E-state index in [0.29, 0.717) is 19.4 Å². The number of carbonyl (C=O) groups is 2. The molecule has 1 saturated heterocycles. The number of esters is 1. The van der Waals surface area contributed by atoms with Gasteiger partial charge in [0.05, 0.1) is 32.0 Å². The summed E-state index contributed by atoms with van der Waals surface area (Å²) in [6.07, 6.45) is 72.7. The number of ether oxygens (including phenoxy) is 3. The van der Waals surface area contributed by atoms with Crippen LogP contribution in [-0.2, 0) is 23.8 Å². The van der Waals surface area contributed by atoms with Gasteiger partial charge in [-0.1, -0.05) is 294 Å². The summed E-state index contributed by atoms with van der Waals surface area (Å²) in [7, 11) is 0. The molecule has 0 saturated carbocycles. The van der Waals surface area contributed by atoms with E-state index in [4.69, 9.17) is 14.2 Å². The Morgan fingerprint density at radius 2 is 0.788 bits per heavy atom. The van der Waals surface area contributed by atoms with E-state index in [1.54, 1.807) is 6.08 Å². The maximum absolute atomic E-state index is 13.0. The maximum Gasteiger partial charge on any atom is 0.305 e. The quantitative estimate of drug-likeness (QED) is 0.0195. The van der Waals surface area contributed by atoms with Crippen molar-refractivity contribution < 1.29 is 49.3 Å². The van der Waals surface area contributed by atoms with E-state index in [9.17, 15) is 35.1 Å². The topological polar surface area (TPSA) is 175 Å². The van der Waals surface area contributed by atoms with Crippen LogP contribution in [0.3, 0.4) is 0 Å². The predicted octanol–water partition coefficient (Wildman–Crippen LogP) is 18.7. The number of aliphatic hydroxyl groups is 5. The molecular weight excluding hydrogens is 1060 g/mol. The predicted molar refractivity (Wildman–Crippen MR) is 357 cm³/mol. The Kier molecular flexibility index (Phi) is 60.0. The summed E-state index contributed by atoms with van der Waals surface area (Å²) in [4.78, 5) is 25.1. The van der Waals surface area contributed by atoms with Crippen molar-refractivity contribution in [2.75, 3.05) is 19.8 Å². The molecule has 11 nitrogen and oxygen atoms in total. The van der Waals surface area contributed by atoms with Crippen molar-refractivity contribution in [3.8, 4) is 0 Å². The zero-order valence-electron chi connectivity index (χ0n) is 55.3. The molecule has 1 aliphatic rings. The Bertz CT molecular complexity index is 1550. The van der Waals surface area contributed by atoms with Crippen molar-refractivity contribution in [2.45, 2.75) is 391 Å². The van der Waals surface area contributed by atoms with Gasteiger partial charge in [0, 0.05) is 12.8 Å². The number of carbonyl (C=O) groups excluding carboxylic acids is 2. The molecule has 1 amide bonds. The zero-order valence-corrected chi connectivity index (χ0v) is 55.3. The average Bonchev–Trinajstić information content (AvgIpc) is 3.68. The van der Waals surface area contributed by atoms with Gasteiger partial charge in [0.25, 0.3) is 0 Å². The van der Waals surface area contributed by atoms with Crippen LogP contribution >= 0.6 is 0 Å². The molecule has 0 aromatic rings. The van der Waals surface area contributed by atoms with Crippen LogP contribution in [-0.4, -0.2) is 100 Å². The monoisotopic (exact) mass is 1200 g/mol. The van der Waals surface area contributed by atoms with E-state index < -0.39 is 49.5 Å². The van der Waals surface area contributed by atoms with Crippen LogP contribution in [0.15, 0.2) is 48.6 Å². The highest BCUT2D eigenvalue weighted by molar-refractivity contribution is 5.76. The summed E-state index contributed by atoms with van der Waals surface area (Å²) in [6.45, 7) is 4.31. The SMILES string of the molecule is CCCCC/C=C\C/C=C\CCCCCCCC(=O)OCCCCCCCCCCCCCC/C=C\CCCCCCCCCCCCCCCCCCCC(=O)NC(COC1OC(CO)C(O)C(O)C1O)C(O)/C=C/CCCCCCCCC. The molecule has 1 heterocycles. The van der Waals surface area contributed by atoms with Gasteiger partial charge >= 0.3 is 5.97 Å². The normalized spacial score (nSPS) is 18.2. The minimum absolute atomic E-state index is 0.00264. The second kappa shape index (κ2) is 63.2. The van der Waals surface area contributed by atoms with Gasteiger partial charge in [0.15, 0.2) is 6.29 Å². The van der Waals surface area contributed by atoms with E-state index in [1.165, 1.54) is 257 Å². The third-order valence-corrected chi connectivity index (χ3v) is 17.2. The van der Waals surface area contributed by atoms with Crippen molar-refractivity contribution in [1.82, 2.24) is 5.32 Å². The summed E-state index contributed by atoms with van der Waals surface area (Å²) in [5.74, 6) is -0.182. The molecule has 0 radical (unpaired) electrons. The first-order valence-corrected chi connectivity index (χ1v) is 36.4. The molecule has 498 valence electrons. The van der Waals surface area contributed by atoms with Crippen LogP contribution in [0.5, 0.6) is 0 Å². The molecule has 1 aliphatic heterocycles. The van der Waals surface area contributed by atoms with Gasteiger partial charge in [-0.3, -0.25) is 9.59 Å². The summed E-state index contributed by atoms with van der Waals surface area (Å²) < 4.78 is 16.7. The molecule has 1 fully saturated rings. The van der Waals surface area contributed by atoms with Gasteiger partial charge in [-0.05, 0) is 89.9 Å². The van der Waals surface area contributed by atoms with E-state index in [-0.39, 0.29) is 18.5 Å². The van der Waals surface area contributed by atoms with Gasteiger partial charge in [0.1, 0.15) is 24.4 Å². The van der Waals surface area contributed by atoms with E-state index >= 15 is 0 Å². The summed E-state index contributed by atoms with van der Waals surface area (Å²) in [6, 6.07) is -0.806. The van der Waals surface area contributed by atoms with Gasteiger partial charge in [-0.15, -0.1) is 0 Å². The standard InChI is InChI=1S/C74H137NO10/c1-3-5-7-9-11-13-14-15-35-39-42-46-50-54-58-62-70(79)83-63-59-55-51-47-43-40-37-34-32-30-28-26-24-22-20-18-16-17-19-21-23-25-27-29-31-33-36-38-41-45-49-53-57-61-69(78)75-66(67(77)60-56-52-48-44-12-10-8-6-4-2)65-84-74-73(82)72(81)71(80)68(64-76)85-74/h11,13,15,20,22,35,56,60,66-68,71-74,76-77,80-82H,3-10,12,14,16-19,21,23-34,36-55,57-59,61-65H2,1-2H3,(H,75,78)/b13-11-,22-20-,35-15-,60-56+. The maximum atomic E-state index is 13.0. The van der Waals surface area contributed by atoms with Crippen LogP contribution in [0.25, 0.3) is 0 Å². The number of aliphatic hydroxyl groups excluding tert-OH is 5. The lowest BCUT2D eigenvalue weighted by atomic mass is 9.99. The Morgan fingerprint density at radius 1 is 0.435 bits per heavy atom. The molecule has 11 heteroatoms. The number of rotatable bonds is 64. The van der Waals surface area contributed by atoms with Crippen LogP contribution in [0.2, 0.25) is 0 Å². The smallest absolute Gasteiger partial charge is 0.305 e. The lowest BCUT2D eigenvalue weighted by molar-refractivity contribution is -0.302. The van der Waals surface area contributed by atoms with Crippen LogP contribution in [0.4, 0.5) is 0 Å². The average molecular weight is 1200 g/mol. The largest absolute Gasteiger partial charge is 0.466 e. The number of amides is 1. The fraction of sp³-hybridized carbons (Fsp3) is 0.865. The molecule has 0 spiro atoms. The Balaban J connectivity index is 1.89. The highest BCUT2D eigenvalue weighted by Gasteiger charge is 2.44. The van der Waals surface area contributed by atoms with Crippen molar-refractivity contribution in [1.29, 1.82) is 0 Å². The molecule has 0 aromatic carbocycles. The second-order valence-electron chi connectivity index (χ2n) is 25.3. The van der Waals surface area contributed by atoms with Crippen molar-refractivity contribution >= 4 is 11.9 Å². The van der Waals surface area contributed by atoms with Crippen molar-refractivity contribution in [3.05, 3.63) is 48.6 Å². The van der Waals surface area contributed by atoms with Crippen LogP contribution in [0.1, 0.15) is 348 Å². The fourth-order valence-corrected chi connectivity index (χ4v) is 11.4. The number of unbranched alkanes of at least 4 members (excludes halogenated alkanes) is 44. The zero-order chi connectivity index (χ0) is 61.6. The first kappa shape index (κ1) is 80.6. The molecule has 0 bridgehead atoms. The van der Waals surface area contributed by atoms with Crippen LogP contribution in [0, 0.1) is 0 Å². The highest BCUT2D eigenvalue weighted by atomic mass is 16.7. The number of allylic oxidation sites excluding steroid dienone is 7. The third kappa shape index (κ3) is 52.1. The van der Waals surface area contributed by atoms with E-state index in [0.717, 1.165) is 64.2 Å². The minimum Gasteiger partial charge on any atom is -0.466 e. The summed E-state index contributed by atoms with van der Waals surface area (Å²) in [5, 5.41) is 54.3. The Hall–Kier alpha value is -2.38. The van der Waals surface area contributed by atoms with Gasteiger partial charge in [-0.25, -0.2) is 0 Å². The summed E-state index contributed by atoms with van der Waals surface area (Å²) >= 11 is 0.